The van der Waals surface area contributed by atoms with Crippen molar-refractivity contribution in [3.8, 4) is 0 Å². The van der Waals surface area contributed by atoms with Gasteiger partial charge in [0.1, 0.15) is 11.0 Å². The van der Waals surface area contributed by atoms with E-state index in [0.29, 0.717) is 26.3 Å². The van der Waals surface area contributed by atoms with Crippen LogP contribution in [0.5, 0.6) is 0 Å². The van der Waals surface area contributed by atoms with E-state index in [9.17, 15) is 13.8 Å². The summed E-state index contributed by atoms with van der Waals surface area (Å²) >= 11 is 0. The van der Waals surface area contributed by atoms with Crippen LogP contribution in [0, 0.1) is 0 Å². The molecule has 3 atom stereocenters. The second-order valence-corrected chi connectivity index (χ2v) is 8.18. The quantitative estimate of drug-likeness (QED) is 0.491. The van der Waals surface area contributed by atoms with Gasteiger partial charge in [-0.1, -0.05) is 0 Å². The van der Waals surface area contributed by atoms with E-state index in [0.717, 1.165) is 0 Å². The van der Waals surface area contributed by atoms with Crippen LogP contribution in [-0.2, 0) is 30.0 Å². The summed E-state index contributed by atoms with van der Waals surface area (Å²) < 4.78 is 29.6. The fourth-order valence-electron chi connectivity index (χ4n) is 1.74. The Morgan fingerprint density at radius 2 is 1.92 bits per heavy atom. The first-order valence-corrected chi connectivity index (χ1v) is 8.95. The van der Waals surface area contributed by atoms with Crippen LogP contribution in [-0.4, -0.2) is 71.1 Å². The van der Waals surface area contributed by atoms with Gasteiger partial charge in [-0.3, -0.25) is 4.79 Å². The third-order valence-corrected chi connectivity index (χ3v) is 4.72. The number of hydrogen-bond donors (Lipinski definition) is 2. The van der Waals surface area contributed by atoms with Crippen molar-refractivity contribution < 1.29 is 28.0 Å². The van der Waals surface area contributed by atoms with Gasteiger partial charge >= 0.3 is 12.1 Å². The molecule has 1 saturated heterocycles. The number of esters is 1. The van der Waals surface area contributed by atoms with Crippen LogP contribution >= 0.6 is 0 Å². The molecular formula is C14H27N3O6S. The van der Waals surface area contributed by atoms with Gasteiger partial charge in [0.15, 0.2) is 12.3 Å². The molecule has 0 spiro atoms. The Morgan fingerprint density at radius 1 is 1.33 bits per heavy atom. The molecule has 0 aliphatic carbocycles. The molecule has 10 heteroatoms. The maximum atomic E-state index is 12.3. The van der Waals surface area contributed by atoms with Gasteiger partial charge in [0.25, 0.3) is 0 Å². The molecule has 3 N–H and O–H groups in total. The Kier molecular flexibility index (Phi) is 8.07. The third-order valence-electron chi connectivity index (χ3n) is 3.16. The Morgan fingerprint density at radius 3 is 2.42 bits per heavy atom. The minimum absolute atomic E-state index is 0.138. The van der Waals surface area contributed by atoms with Gasteiger partial charge in [-0.25, -0.2) is 9.00 Å². The van der Waals surface area contributed by atoms with Crippen LogP contribution in [0.4, 0.5) is 4.79 Å². The first-order valence-electron chi connectivity index (χ1n) is 7.80. The molecule has 1 aliphatic rings. The van der Waals surface area contributed by atoms with Crippen molar-refractivity contribution in [1.29, 1.82) is 0 Å². The fraction of sp³-hybridized carbons (Fsp3) is 0.857. The van der Waals surface area contributed by atoms with E-state index in [4.69, 9.17) is 19.9 Å². The molecule has 1 heterocycles. The molecule has 0 bridgehead atoms. The zero-order valence-electron chi connectivity index (χ0n) is 14.6. The van der Waals surface area contributed by atoms with E-state index >= 15 is 0 Å². The van der Waals surface area contributed by atoms with Gasteiger partial charge in [0, 0.05) is 13.1 Å². The summed E-state index contributed by atoms with van der Waals surface area (Å²) in [4.78, 5) is 25.5. The maximum Gasteiger partial charge on any atom is 0.411 e. The third kappa shape index (κ3) is 6.34. The average Bonchev–Trinajstić information content (AvgIpc) is 2.53. The van der Waals surface area contributed by atoms with E-state index in [2.05, 4.69) is 4.72 Å². The average molecular weight is 365 g/mol. The molecule has 9 nitrogen and oxygen atoms in total. The van der Waals surface area contributed by atoms with Crippen molar-refractivity contribution in [1.82, 2.24) is 9.62 Å². The lowest BCUT2D eigenvalue weighted by molar-refractivity contribution is -0.147. The van der Waals surface area contributed by atoms with E-state index in [1.165, 1.54) is 4.90 Å². The van der Waals surface area contributed by atoms with Crippen molar-refractivity contribution in [2.24, 2.45) is 5.73 Å². The van der Waals surface area contributed by atoms with Gasteiger partial charge < -0.3 is 24.8 Å². The zero-order chi connectivity index (χ0) is 18.3. The number of carbonyl (C=O) groups is 2. The zero-order valence-corrected chi connectivity index (χ0v) is 15.4. The van der Waals surface area contributed by atoms with Gasteiger partial charge in [-0.2, -0.15) is 4.72 Å². The molecule has 0 saturated carbocycles. The molecule has 0 aromatic heterocycles. The van der Waals surface area contributed by atoms with E-state index in [1.807, 2.05) is 0 Å². The largest absolute Gasteiger partial charge is 0.465 e. The van der Waals surface area contributed by atoms with E-state index in [-0.39, 0.29) is 6.61 Å². The van der Waals surface area contributed by atoms with Crippen LogP contribution in [0.1, 0.15) is 27.7 Å². The van der Waals surface area contributed by atoms with Gasteiger partial charge in [-0.05, 0) is 27.7 Å². The number of rotatable bonds is 6. The van der Waals surface area contributed by atoms with Crippen LogP contribution in [0.3, 0.4) is 0 Å². The van der Waals surface area contributed by atoms with Crippen molar-refractivity contribution in [2.75, 3.05) is 32.9 Å². The van der Waals surface area contributed by atoms with Gasteiger partial charge in [-0.15, -0.1) is 0 Å². The lowest BCUT2D eigenvalue weighted by atomic mass is 10.3. The Bertz CT molecular complexity index is 462. The van der Waals surface area contributed by atoms with Crippen molar-refractivity contribution in [2.45, 2.75) is 44.7 Å². The van der Waals surface area contributed by atoms with Crippen LogP contribution < -0.4 is 10.5 Å². The number of ether oxygens (including phenoxy) is 3. The molecule has 0 aromatic carbocycles. The number of nitrogens with two attached hydrogens (primary N) is 1. The summed E-state index contributed by atoms with van der Waals surface area (Å²) in [6.45, 7) is 8.58. The maximum absolute atomic E-state index is 12.3. The number of carbonyl (C=O) groups excluding carboxylic acids is 2. The van der Waals surface area contributed by atoms with Crippen molar-refractivity contribution in [3.05, 3.63) is 0 Å². The number of hydrogen-bond acceptors (Lipinski definition) is 7. The number of nitrogens with zero attached hydrogens (tertiary/aromatic N) is 1. The lowest BCUT2D eigenvalue weighted by Crippen LogP contribution is -2.56. The molecule has 0 unspecified atom stereocenters. The van der Waals surface area contributed by atoms with E-state index in [1.54, 1.807) is 27.7 Å². The van der Waals surface area contributed by atoms with Crippen LogP contribution in [0.25, 0.3) is 0 Å². The predicted molar refractivity (Wildman–Crippen MR) is 88.3 cm³/mol. The molecule has 1 aliphatic heterocycles. The second kappa shape index (κ2) is 9.30. The highest BCUT2D eigenvalue weighted by Gasteiger charge is 2.34. The highest BCUT2D eigenvalue weighted by Crippen LogP contribution is 2.12. The molecular weight excluding hydrogens is 338 g/mol. The van der Waals surface area contributed by atoms with Crippen LogP contribution in [0.15, 0.2) is 0 Å². The summed E-state index contributed by atoms with van der Waals surface area (Å²) in [5.74, 6) is -0.740. The first kappa shape index (κ1) is 20.8. The van der Waals surface area contributed by atoms with Gasteiger partial charge in [0.05, 0.1) is 24.6 Å². The molecule has 0 aromatic rings. The van der Waals surface area contributed by atoms with Crippen LogP contribution in [0.2, 0.25) is 0 Å². The summed E-state index contributed by atoms with van der Waals surface area (Å²) in [7, 11) is -1.59. The minimum Gasteiger partial charge on any atom is -0.465 e. The highest BCUT2D eigenvalue weighted by atomic mass is 32.2. The van der Waals surface area contributed by atoms with E-state index < -0.39 is 40.1 Å². The highest BCUT2D eigenvalue weighted by molar-refractivity contribution is 7.84. The molecule has 1 amide bonds. The monoisotopic (exact) mass is 365 g/mol. The predicted octanol–water partition coefficient (Wildman–Crippen LogP) is -0.276. The molecule has 0 radical (unpaired) electrons. The van der Waals surface area contributed by atoms with Crippen molar-refractivity contribution in [3.63, 3.8) is 0 Å². The second-order valence-electron chi connectivity index (χ2n) is 6.18. The lowest BCUT2D eigenvalue weighted by Gasteiger charge is -2.31. The molecule has 1 rings (SSSR count). The SMILES string of the molecule is CCOC(=O)[C@@H](N)[C@@H](N[S@@](=O)C(C)(C)C)OC(=O)N1CCOCC1. The number of morpholine rings is 1. The Balaban J connectivity index is 2.81. The Hall–Kier alpha value is -1.23. The number of amides is 1. The summed E-state index contributed by atoms with van der Waals surface area (Å²) in [6.07, 6.45) is -1.92. The normalized spacial score (nSPS) is 19.3. The Labute approximate surface area is 144 Å². The molecule has 140 valence electrons. The fourth-order valence-corrected chi connectivity index (χ4v) is 2.50. The van der Waals surface area contributed by atoms with Gasteiger partial charge in [0.2, 0.25) is 0 Å². The molecule has 1 fully saturated rings. The molecule has 24 heavy (non-hydrogen) atoms. The smallest absolute Gasteiger partial charge is 0.411 e. The summed E-state index contributed by atoms with van der Waals surface area (Å²) in [5.41, 5.74) is 5.83. The minimum atomic E-state index is -1.59. The summed E-state index contributed by atoms with van der Waals surface area (Å²) in [5, 5.41) is 0. The first-order chi connectivity index (χ1) is 11.2. The topological polar surface area (TPSA) is 120 Å². The van der Waals surface area contributed by atoms with Crippen molar-refractivity contribution >= 4 is 23.0 Å². The number of nitrogens with one attached hydrogen (secondary N) is 1. The standard InChI is InChI=1S/C14H27N3O6S/c1-5-22-12(18)10(15)11(16-24(20)14(2,3)4)23-13(19)17-6-8-21-9-7-17/h10-11,16H,5-9,15H2,1-4H3/t10-,11-,24-/m0/s1. The summed E-state index contributed by atoms with van der Waals surface area (Å²) in [6, 6.07) is -1.29.